The quantitative estimate of drug-likeness (QED) is 0.751. The third-order valence-corrected chi connectivity index (χ3v) is 3.44. The lowest BCUT2D eigenvalue weighted by Gasteiger charge is -2.20. The Balaban J connectivity index is 2.32. The first-order valence-corrected chi connectivity index (χ1v) is 6.41. The molecule has 0 aromatic carbocycles. The van der Waals surface area contributed by atoms with Crippen LogP contribution in [0, 0.1) is 5.92 Å². The molecule has 0 radical (unpaired) electrons. The van der Waals surface area contributed by atoms with E-state index in [-0.39, 0.29) is 17.6 Å². The van der Waals surface area contributed by atoms with Gasteiger partial charge in [-0.3, -0.25) is 9.59 Å². The van der Waals surface area contributed by atoms with Gasteiger partial charge in [0.25, 0.3) is 0 Å². The second kappa shape index (κ2) is 5.08. The summed E-state index contributed by atoms with van der Waals surface area (Å²) in [6.45, 7) is 5.39. The van der Waals surface area contributed by atoms with E-state index in [2.05, 4.69) is 0 Å². The third-order valence-electron chi connectivity index (χ3n) is 2.09. The van der Waals surface area contributed by atoms with Crippen molar-refractivity contribution < 1.29 is 19.4 Å². The predicted molar refractivity (Wildman–Crippen MR) is 62.5 cm³/mol. The van der Waals surface area contributed by atoms with Gasteiger partial charge in [0, 0.05) is 0 Å². The molecular formula is C11H18O4S. The first-order valence-electron chi connectivity index (χ1n) is 5.36. The zero-order valence-electron chi connectivity index (χ0n) is 9.86. The highest BCUT2D eigenvalue weighted by Gasteiger charge is 2.37. The molecule has 1 N–H and O–H groups in total. The van der Waals surface area contributed by atoms with Gasteiger partial charge in [-0.25, -0.2) is 0 Å². The Hall–Kier alpha value is -0.710. The molecule has 1 unspecified atom stereocenters. The Morgan fingerprint density at radius 2 is 2.00 bits per heavy atom. The van der Waals surface area contributed by atoms with Gasteiger partial charge in [0.1, 0.15) is 10.9 Å². The average Bonchev–Trinajstić information content (AvgIpc) is 2.83. The second-order valence-electron chi connectivity index (χ2n) is 4.99. The van der Waals surface area contributed by atoms with Crippen molar-refractivity contribution in [2.75, 3.05) is 5.75 Å². The Morgan fingerprint density at radius 1 is 1.44 bits per heavy atom. The minimum atomic E-state index is -0.823. The fourth-order valence-corrected chi connectivity index (χ4v) is 2.40. The molecule has 0 aromatic heterocycles. The zero-order valence-corrected chi connectivity index (χ0v) is 10.7. The summed E-state index contributed by atoms with van der Waals surface area (Å²) in [4.78, 5) is 22.3. The lowest BCUT2D eigenvalue weighted by Crippen LogP contribution is -2.27. The van der Waals surface area contributed by atoms with Crippen molar-refractivity contribution in [1.29, 1.82) is 0 Å². The van der Waals surface area contributed by atoms with Crippen LogP contribution < -0.4 is 0 Å². The lowest BCUT2D eigenvalue weighted by molar-refractivity contribution is -0.151. The van der Waals surface area contributed by atoms with Crippen molar-refractivity contribution in [1.82, 2.24) is 0 Å². The van der Waals surface area contributed by atoms with E-state index in [0.29, 0.717) is 0 Å². The number of rotatable bonds is 5. The molecule has 0 saturated heterocycles. The minimum absolute atomic E-state index is 0.116. The van der Waals surface area contributed by atoms with Crippen LogP contribution in [0.3, 0.4) is 0 Å². The van der Waals surface area contributed by atoms with Gasteiger partial charge in [0.2, 0.25) is 0 Å². The van der Waals surface area contributed by atoms with Gasteiger partial charge in [0.15, 0.2) is 0 Å². The summed E-state index contributed by atoms with van der Waals surface area (Å²) >= 11 is 1.17. The molecule has 0 heterocycles. The maximum Gasteiger partial charge on any atom is 0.316 e. The number of esters is 1. The van der Waals surface area contributed by atoms with Crippen molar-refractivity contribution in [3.8, 4) is 0 Å². The first-order chi connectivity index (χ1) is 7.29. The van der Waals surface area contributed by atoms with Crippen molar-refractivity contribution in [2.45, 2.75) is 44.5 Å². The number of hydrogen-bond acceptors (Lipinski definition) is 4. The molecule has 1 fully saturated rings. The van der Waals surface area contributed by atoms with E-state index in [1.807, 2.05) is 0 Å². The Bertz CT molecular complexity index is 278. The molecule has 0 amide bonds. The predicted octanol–water partition coefficient (Wildman–Crippen LogP) is 1.92. The van der Waals surface area contributed by atoms with Gasteiger partial charge < -0.3 is 9.84 Å². The van der Waals surface area contributed by atoms with Gasteiger partial charge >= 0.3 is 11.9 Å². The first kappa shape index (κ1) is 13.4. The highest BCUT2D eigenvalue weighted by Crippen LogP contribution is 2.39. The number of aliphatic carboxylic acids is 1. The van der Waals surface area contributed by atoms with Crippen LogP contribution >= 0.6 is 11.8 Å². The summed E-state index contributed by atoms with van der Waals surface area (Å²) in [5.41, 5.74) is -0.504. The SMILES string of the molecule is CC(C)(C)OC(=O)CSC(C(=O)O)C1CC1. The van der Waals surface area contributed by atoms with E-state index >= 15 is 0 Å². The lowest BCUT2D eigenvalue weighted by atomic mass is 10.2. The van der Waals surface area contributed by atoms with Crippen molar-refractivity contribution in [3.63, 3.8) is 0 Å². The molecule has 1 aliphatic rings. The van der Waals surface area contributed by atoms with Crippen LogP contribution in [0.1, 0.15) is 33.6 Å². The van der Waals surface area contributed by atoms with E-state index in [0.717, 1.165) is 12.8 Å². The molecule has 0 aliphatic heterocycles. The molecule has 1 saturated carbocycles. The Labute approximate surface area is 99.7 Å². The van der Waals surface area contributed by atoms with E-state index in [1.54, 1.807) is 20.8 Å². The van der Waals surface area contributed by atoms with E-state index in [9.17, 15) is 9.59 Å². The van der Waals surface area contributed by atoms with E-state index < -0.39 is 16.8 Å². The van der Waals surface area contributed by atoms with Crippen LogP contribution in [-0.2, 0) is 14.3 Å². The molecule has 0 bridgehead atoms. The Kier molecular flexibility index (Phi) is 4.24. The summed E-state index contributed by atoms with van der Waals surface area (Å²) in [7, 11) is 0. The number of thioether (sulfide) groups is 1. The van der Waals surface area contributed by atoms with Gasteiger partial charge in [-0.15, -0.1) is 11.8 Å². The average molecular weight is 246 g/mol. The summed E-state index contributed by atoms with van der Waals surface area (Å²) in [5.74, 6) is -0.810. The molecule has 16 heavy (non-hydrogen) atoms. The van der Waals surface area contributed by atoms with Gasteiger partial charge in [-0.1, -0.05) is 0 Å². The molecule has 0 aromatic rings. The van der Waals surface area contributed by atoms with E-state index in [1.165, 1.54) is 11.8 Å². The number of carboxylic acids is 1. The summed E-state index contributed by atoms with van der Waals surface area (Å²) in [6.07, 6.45) is 1.91. The fraction of sp³-hybridized carbons (Fsp3) is 0.818. The number of ether oxygens (including phenoxy) is 1. The van der Waals surface area contributed by atoms with Gasteiger partial charge in [0.05, 0.1) is 5.75 Å². The Morgan fingerprint density at radius 3 is 2.38 bits per heavy atom. The van der Waals surface area contributed by atoms with Crippen molar-refractivity contribution in [3.05, 3.63) is 0 Å². The topological polar surface area (TPSA) is 63.6 Å². The third kappa shape index (κ3) is 4.88. The van der Waals surface area contributed by atoms with Crippen LogP contribution in [0.15, 0.2) is 0 Å². The van der Waals surface area contributed by atoms with Crippen molar-refractivity contribution in [2.24, 2.45) is 5.92 Å². The molecule has 0 spiro atoms. The summed E-state index contributed by atoms with van der Waals surface area (Å²) in [6, 6.07) is 0. The molecule has 5 heteroatoms. The number of hydrogen-bond donors (Lipinski definition) is 1. The van der Waals surface area contributed by atoms with Gasteiger partial charge in [-0.2, -0.15) is 0 Å². The maximum absolute atomic E-state index is 11.4. The van der Waals surface area contributed by atoms with Crippen molar-refractivity contribution >= 4 is 23.7 Å². The largest absolute Gasteiger partial charge is 0.480 e. The minimum Gasteiger partial charge on any atom is -0.480 e. The highest BCUT2D eigenvalue weighted by molar-refractivity contribution is 8.01. The van der Waals surface area contributed by atoms with Gasteiger partial charge in [-0.05, 0) is 39.5 Å². The maximum atomic E-state index is 11.4. The smallest absolute Gasteiger partial charge is 0.316 e. The molecule has 92 valence electrons. The number of carboxylic acid groups (broad SMARTS) is 1. The standard InChI is InChI=1S/C11H18O4S/c1-11(2,3)15-8(12)6-16-9(10(13)14)7-4-5-7/h7,9H,4-6H2,1-3H3,(H,13,14). The zero-order chi connectivity index (χ0) is 12.3. The van der Waals surface area contributed by atoms with Crippen LogP contribution in [0.2, 0.25) is 0 Å². The highest BCUT2D eigenvalue weighted by atomic mass is 32.2. The molecule has 4 nitrogen and oxygen atoms in total. The molecule has 1 atom stereocenters. The van der Waals surface area contributed by atoms with Crippen LogP contribution in [0.25, 0.3) is 0 Å². The number of carbonyl (C=O) groups excluding carboxylic acids is 1. The monoisotopic (exact) mass is 246 g/mol. The second-order valence-corrected chi connectivity index (χ2v) is 6.12. The summed E-state index contributed by atoms with van der Waals surface area (Å²) in [5, 5.41) is 8.50. The number of carbonyl (C=O) groups is 2. The molecule has 1 aliphatic carbocycles. The fourth-order valence-electron chi connectivity index (χ4n) is 1.34. The summed E-state index contributed by atoms with van der Waals surface area (Å²) < 4.78 is 5.12. The van der Waals surface area contributed by atoms with Crippen LogP contribution in [0.4, 0.5) is 0 Å². The molecule has 1 rings (SSSR count). The normalized spacial score (nSPS) is 17.9. The van der Waals surface area contributed by atoms with E-state index in [4.69, 9.17) is 9.84 Å². The van der Waals surface area contributed by atoms with Crippen LogP contribution in [-0.4, -0.2) is 33.6 Å². The molecular weight excluding hydrogens is 228 g/mol. The van der Waals surface area contributed by atoms with Crippen LogP contribution in [0.5, 0.6) is 0 Å².